The third kappa shape index (κ3) is 2.56. The molecule has 3 heteroatoms. The van der Waals surface area contributed by atoms with Crippen molar-refractivity contribution in [3.63, 3.8) is 0 Å². The molecule has 0 aromatic carbocycles. The summed E-state index contributed by atoms with van der Waals surface area (Å²) in [5.74, 6) is 2.59. The Kier molecular flexibility index (Phi) is 4.10. The van der Waals surface area contributed by atoms with E-state index in [0.29, 0.717) is 11.3 Å². The second-order valence-electron chi connectivity index (χ2n) is 2.98. The topological polar surface area (TPSA) is 26.0 Å². The fraction of sp³-hybridized carbons (Fsp3) is 1.00. The van der Waals surface area contributed by atoms with Crippen molar-refractivity contribution in [2.45, 2.75) is 36.8 Å². The molecule has 11 heavy (non-hydrogen) atoms. The van der Waals surface area contributed by atoms with E-state index in [9.17, 15) is 0 Å². The summed E-state index contributed by atoms with van der Waals surface area (Å²) in [6, 6.07) is 0.405. The van der Waals surface area contributed by atoms with Crippen LogP contribution in [0.25, 0.3) is 0 Å². The van der Waals surface area contributed by atoms with Gasteiger partial charge in [-0.25, -0.2) is 0 Å². The third-order valence-corrected chi connectivity index (χ3v) is 5.40. The minimum atomic E-state index is 0.405. The van der Waals surface area contributed by atoms with Crippen LogP contribution in [0.5, 0.6) is 0 Å². The highest BCUT2D eigenvalue weighted by molar-refractivity contribution is 8.07. The van der Waals surface area contributed by atoms with Crippen molar-refractivity contribution in [1.29, 1.82) is 0 Å². The van der Waals surface area contributed by atoms with Crippen molar-refractivity contribution < 1.29 is 0 Å². The highest BCUT2D eigenvalue weighted by Gasteiger charge is 2.26. The highest BCUT2D eigenvalue weighted by Crippen LogP contribution is 2.32. The lowest BCUT2D eigenvalue weighted by molar-refractivity contribution is 0.607. The Morgan fingerprint density at radius 2 is 2.09 bits per heavy atom. The van der Waals surface area contributed by atoms with Gasteiger partial charge in [-0.05, 0) is 6.42 Å². The van der Waals surface area contributed by atoms with Gasteiger partial charge in [-0.3, -0.25) is 0 Å². The molecule has 0 spiro atoms. The van der Waals surface area contributed by atoms with E-state index >= 15 is 0 Å². The van der Waals surface area contributed by atoms with Crippen LogP contribution in [0.1, 0.15) is 20.3 Å². The maximum Gasteiger partial charge on any atom is 0.0315 e. The van der Waals surface area contributed by atoms with E-state index in [-0.39, 0.29) is 0 Å². The van der Waals surface area contributed by atoms with E-state index in [1.807, 2.05) is 0 Å². The molecule has 1 aliphatic heterocycles. The lowest BCUT2D eigenvalue weighted by Crippen LogP contribution is -2.40. The molecule has 1 rings (SSSR count). The predicted octanol–water partition coefficient (Wildman–Crippen LogP) is 1.96. The van der Waals surface area contributed by atoms with Crippen LogP contribution in [0.2, 0.25) is 0 Å². The van der Waals surface area contributed by atoms with Crippen LogP contribution in [-0.2, 0) is 0 Å². The summed E-state index contributed by atoms with van der Waals surface area (Å²) in [4.78, 5) is 0. The first kappa shape index (κ1) is 9.75. The van der Waals surface area contributed by atoms with Crippen LogP contribution < -0.4 is 5.73 Å². The molecule has 1 heterocycles. The van der Waals surface area contributed by atoms with Crippen molar-refractivity contribution in [2.24, 2.45) is 5.73 Å². The van der Waals surface area contributed by atoms with Gasteiger partial charge in [-0.15, -0.1) is 0 Å². The van der Waals surface area contributed by atoms with Crippen LogP contribution in [-0.4, -0.2) is 28.0 Å². The van der Waals surface area contributed by atoms with Crippen LogP contribution in [0.4, 0.5) is 0 Å². The summed E-state index contributed by atoms with van der Waals surface area (Å²) >= 11 is 4.13. The quantitative estimate of drug-likeness (QED) is 0.722. The molecule has 3 unspecified atom stereocenters. The van der Waals surface area contributed by atoms with Gasteiger partial charge in [0.1, 0.15) is 0 Å². The van der Waals surface area contributed by atoms with Crippen molar-refractivity contribution in [3.8, 4) is 0 Å². The zero-order valence-corrected chi connectivity index (χ0v) is 8.88. The predicted molar refractivity (Wildman–Crippen MR) is 56.4 cm³/mol. The Morgan fingerprint density at radius 1 is 1.45 bits per heavy atom. The van der Waals surface area contributed by atoms with E-state index in [1.54, 1.807) is 0 Å². The Bertz CT molecular complexity index is 115. The number of thioether (sulfide) groups is 2. The number of hydrogen-bond donors (Lipinski definition) is 1. The first-order valence-corrected chi connectivity index (χ1v) is 6.34. The van der Waals surface area contributed by atoms with Gasteiger partial charge in [0.05, 0.1) is 0 Å². The first-order chi connectivity index (χ1) is 5.25. The Morgan fingerprint density at radius 3 is 2.64 bits per heavy atom. The molecule has 0 amide bonds. The standard InChI is InChI=1S/C8H17NS2/c1-3-7(9)8-6(2)10-4-5-11-8/h6-8H,3-5,9H2,1-2H3. The van der Waals surface area contributed by atoms with Gasteiger partial charge in [0, 0.05) is 28.0 Å². The number of hydrogen-bond acceptors (Lipinski definition) is 3. The smallest absolute Gasteiger partial charge is 0.0315 e. The average molecular weight is 191 g/mol. The molecule has 3 atom stereocenters. The molecule has 2 N–H and O–H groups in total. The SMILES string of the molecule is CCC(N)C1SCCSC1C. The highest BCUT2D eigenvalue weighted by atomic mass is 32.2. The van der Waals surface area contributed by atoms with E-state index in [1.165, 1.54) is 11.5 Å². The van der Waals surface area contributed by atoms with Gasteiger partial charge in [0.25, 0.3) is 0 Å². The minimum absolute atomic E-state index is 0.405. The normalized spacial score (nSPS) is 35.2. The van der Waals surface area contributed by atoms with Crippen molar-refractivity contribution >= 4 is 23.5 Å². The van der Waals surface area contributed by atoms with Crippen LogP contribution >= 0.6 is 23.5 Å². The fourth-order valence-corrected chi connectivity index (χ4v) is 4.34. The van der Waals surface area contributed by atoms with Gasteiger partial charge >= 0.3 is 0 Å². The largest absolute Gasteiger partial charge is 0.327 e. The molecular weight excluding hydrogens is 174 g/mol. The molecule has 1 nitrogen and oxygen atoms in total. The van der Waals surface area contributed by atoms with E-state index in [2.05, 4.69) is 37.4 Å². The zero-order chi connectivity index (χ0) is 8.27. The number of nitrogens with two attached hydrogens (primary N) is 1. The molecule has 0 bridgehead atoms. The lowest BCUT2D eigenvalue weighted by atomic mass is 10.1. The van der Waals surface area contributed by atoms with Crippen LogP contribution in [0, 0.1) is 0 Å². The lowest BCUT2D eigenvalue weighted by Gasteiger charge is -2.31. The molecule has 1 saturated heterocycles. The van der Waals surface area contributed by atoms with Crippen molar-refractivity contribution in [2.75, 3.05) is 11.5 Å². The van der Waals surface area contributed by atoms with Crippen molar-refractivity contribution in [3.05, 3.63) is 0 Å². The second-order valence-corrected chi connectivity index (χ2v) is 5.75. The third-order valence-electron chi connectivity index (χ3n) is 2.13. The summed E-state index contributed by atoms with van der Waals surface area (Å²) in [6.07, 6.45) is 1.11. The molecule has 0 saturated carbocycles. The van der Waals surface area contributed by atoms with E-state index in [0.717, 1.165) is 11.7 Å². The van der Waals surface area contributed by atoms with Gasteiger partial charge in [-0.1, -0.05) is 13.8 Å². The van der Waals surface area contributed by atoms with E-state index < -0.39 is 0 Å². The summed E-state index contributed by atoms with van der Waals surface area (Å²) < 4.78 is 0. The average Bonchev–Trinajstić information content (AvgIpc) is 2.04. The Hall–Kier alpha value is 0.660. The first-order valence-electron chi connectivity index (χ1n) is 4.24. The Balaban J connectivity index is 2.40. The summed E-state index contributed by atoms with van der Waals surface area (Å²) in [5, 5.41) is 1.45. The van der Waals surface area contributed by atoms with E-state index in [4.69, 9.17) is 5.73 Å². The van der Waals surface area contributed by atoms with Gasteiger partial charge in [-0.2, -0.15) is 23.5 Å². The van der Waals surface area contributed by atoms with Crippen molar-refractivity contribution in [1.82, 2.24) is 0 Å². The van der Waals surface area contributed by atoms with Gasteiger partial charge < -0.3 is 5.73 Å². The molecule has 1 fully saturated rings. The molecule has 1 aliphatic rings. The molecule has 66 valence electrons. The summed E-state index contributed by atoms with van der Waals surface area (Å²) in [6.45, 7) is 4.48. The molecule has 0 aromatic rings. The fourth-order valence-electron chi connectivity index (χ4n) is 1.35. The molecule has 0 aromatic heterocycles. The zero-order valence-electron chi connectivity index (χ0n) is 7.25. The summed E-state index contributed by atoms with van der Waals surface area (Å²) in [5.41, 5.74) is 6.00. The maximum absolute atomic E-state index is 6.00. The Labute approximate surface area is 77.9 Å². The van der Waals surface area contributed by atoms with Gasteiger partial charge in [0.2, 0.25) is 0 Å². The monoisotopic (exact) mass is 191 g/mol. The second kappa shape index (κ2) is 4.63. The van der Waals surface area contributed by atoms with Crippen LogP contribution in [0.15, 0.2) is 0 Å². The van der Waals surface area contributed by atoms with Crippen LogP contribution in [0.3, 0.4) is 0 Å². The molecule has 0 aliphatic carbocycles. The van der Waals surface area contributed by atoms with Gasteiger partial charge in [0.15, 0.2) is 0 Å². The summed E-state index contributed by atoms with van der Waals surface area (Å²) in [7, 11) is 0. The minimum Gasteiger partial charge on any atom is -0.327 e. The number of rotatable bonds is 2. The molecular formula is C8H17NS2. The molecule has 0 radical (unpaired) electrons. The maximum atomic E-state index is 6.00.